The summed E-state index contributed by atoms with van der Waals surface area (Å²) < 4.78 is 0. The van der Waals surface area contributed by atoms with E-state index in [9.17, 15) is 33.9 Å². The van der Waals surface area contributed by atoms with Crippen molar-refractivity contribution in [2.24, 2.45) is 34.8 Å². The molecule has 0 heterocycles. The first-order valence-corrected chi connectivity index (χ1v) is 19.6. The quantitative estimate of drug-likeness (QED) is 0.0441. The van der Waals surface area contributed by atoms with Gasteiger partial charge in [0.2, 0.25) is 29.5 Å². The largest absolute Gasteiger partial charge is 0.480 e. The molecule has 5 amide bonds. The number of carboxylic acid groups (broad SMARTS) is 1. The zero-order valence-corrected chi connectivity index (χ0v) is 32.2. The lowest BCUT2D eigenvalue weighted by molar-refractivity contribution is -0.142. The number of carbonyl (C=O) groups excluding carboxylic acids is 5. The molecule has 0 aliphatic rings. The summed E-state index contributed by atoms with van der Waals surface area (Å²) in [5.41, 5.74) is 22.9. The molecule has 0 bridgehead atoms. The van der Waals surface area contributed by atoms with Crippen LogP contribution in [0.2, 0.25) is 0 Å². The molecule has 16 nitrogen and oxygen atoms in total. The van der Waals surface area contributed by atoms with Crippen LogP contribution in [0.5, 0.6) is 0 Å². The Morgan fingerprint density at radius 3 is 1.27 bits per heavy atom. The van der Waals surface area contributed by atoms with Crippen LogP contribution in [0.25, 0.3) is 0 Å². The number of carboxylic acids is 1. The maximum atomic E-state index is 13.8. The Bertz CT molecular complexity index is 1070. The molecule has 0 fully saturated rings. The van der Waals surface area contributed by atoms with Crippen LogP contribution >= 0.6 is 11.8 Å². The average molecular weight is 746 g/mol. The Hall–Kier alpha value is -2.99. The molecule has 0 radical (unpaired) electrons. The highest BCUT2D eigenvalue weighted by atomic mass is 32.2. The van der Waals surface area contributed by atoms with Gasteiger partial charge in [-0.3, -0.25) is 24.0 Å². The van der Waals surface area contributed by atoms with Crippen molar-refractivity contribution in [3.63, 3.8) is 0 Å². The van der Waals surface area contributed by atoms with Gasteiger partial charge in [0.05, 0.1) is 6.04 Å². The minimum absolute atomic E-state index is 0.0261. The third-order valence-corrected chi connectivity index (χ3v) is 8.97. The molecule has 296 valence electrons. The number of hydrogen-bond acceptors (Lipinski definition) is 11. The lowest BCUT2D eigenvalue weighted by Crippen LogP contribution is -2.59. The van der Waals surface area contributed by atoms with Gasteiger partial charge in [-0.1, -0.05) is 27.7 Å². The van der Waals surface area contributed by atoms with Crippen molar-refractivity contribution < 1.29 is 33.9 Å². The van der Waals surface area contributed by atoms with Gasteiger partial charge < -0.3 is 54.6 Å². The minimum Gasteiger partial charge on any atom is -0.480 e. The summed E-state index contributed by atoms with van der Waals surface area (Å²) in [6, 6.07) is -6.12. The van der Waals surface area contributed by atoms with Crippen molar-refractivity contribution >= 4 is 47.3 Å². The Labute approximate surface area is 308 Å². The summed E-state index contributed by atoms with van der Waals surface area (Å²) in [5.74, 6) is -3.72. The fourth-order valence-corrected chi connectivity index (χ4v) is 5.61. The van der Waals surface area contributed by atoms with Crippen LogP contribution in [0.3, 0.4) is 0 Å². The molecule has 0 aromatic rings. The Morgan fingerprint density at radius 1 is 0.549 bits per heavy atom. The van der Waals surface area contributed by atoms with Crippen LogP contribution in [-0.4, -0.2) is 109 Å². The fraction of sp³-hybridized carbons (Fsp3) is 0.824. The molecule has 0 aliphatic carbocycles. The summed E-state index contributed by atoms with van der Waals surface area (Å²) in [4.78, 5) is 79.0. The molecule has 0 saturated carbocycles. The van der Waals surface area contributed by atoms with Gasteiger partial charge in [0.25, 0.3) is 0 Å². The predicted octanol–water partition coefficient (Wildman–Crippen LogP) is -0.336. The fourth-order valence-electron chi connectivity index (χ4n) is 5.14. The average Bonchev–Trinajstić information content (AvgIpc) is 3.07. The summed E-state index contributed by atoms with van der Waals surface area (Å²) in [7, 11) is 0. The van der Waals surface area contributed by atoms with E-state index in [1.54, 1.807) is 13.8 Å². The summed E-state index contributed by atoms with van der Waals surface area (Å²) in [5, 5.41) is 23.2. The molecule has 17 heteroatoms. The van der Waals surface area contributed by atoms with E-state index in [1.807, 2.05) is 20.1 Å². The summed E-state index contributed by atoms with van der Waals surface area (Å²) in [6.07, 6.45) is 6.23. The van der Waals surface area contributed by atoms with Crippen molar-refractivity contribution in [3.8, 4) is 0 Å². The van der Waals surface area contributed by atoms with Crippen LogP contribution in [0.15, 0.2) is 0 Å². The zero-order valence-electron chi connectivity index (χ0n) is 31.3. The first-order chi connectivity index (χ1) is 24.1. The number of aliphatic carboxylic acids is 1. The van der Waals surface area contributed by atoms with Crippen molar-refractivity contribution in [3.05, 3.63) is 0 Å². The van der Waals surface area contributed by atoms with Gasteiger partial charge in [0.1, 0.15) is 30.2 Å². The molecule has 51 heavy (non-hydrogen) atoms. The van der Waals surface area contributed by atoms with E-state index in [0.717, 1.165) is 0 Å². The predicted molar refractivity (Wildman–Crippen MR) is 201 cm³/mol. The highest BCUT2D eigenvalue weighted by Crippen LogP contribution is 2.11. The van der Waals surface area contributed by atoms with Gasteiger partial charge in [-0.15, -0.1) is 0 Å². The van der Waals surface area contributed by atoms with Gasteiger partial charge in [-0.05, 0) is 114 Å². The SMILES string of the molecule is CSCCC(NC(=O)C(N)C(C)C)C(=O)NC(CC(C)C)C(=O)NC(CCCCN)C(=O)NC(CCCCN)C(=O)NC(CCCCN)C(=O)O. The zero-order chi connectivity index (χ0) is 38.9. The van der Waals surface area contributed by atoms with Gasteiger partial charge in [-0.2, -0.15) is 11.8 Å². The van der Waals surface area contributed by atoms with E-state index in [-0.39, 0.29) is 37.5 Å². The molecule has 14 N–H and O–H groups in total. The van der Waals surface area contributed by atoms with Crippen molar-refractivity contribution in [1.29, 1.82) is 0 Å². The maximum absolute atomic E-state index is 13.8. The summed E-state index contributed by atoms with van der Waals surface area (Å²) in [6.45, 7) is 8.50. The van der Waals surface area contributed by atoms with Gasteiger partial charge >= 0.3 is 5.97 Å². The van der Waals surface area contributed by atoms with Crippen LogP contribution in [-0.2, 0) is 28.8 Å². The van der Waals surface area contributed by atoms with Crippen LogP contribution in [0, 0.1) is 11.8 Å². The van der Waals surface area contributed by atoms with Crippen LogP contribution in [0.1, 0.15) is 98.3 Å². The third-order valence-electron chi connectivity index (χ3n) is 8.33. The molecule has 0 saturated heterocycles. The molecule has 0 spiro atoms. The van der Waals surface area contributed by atoms with Gasteiger partial charge in [0.15, 0.2) is 0 Å². The first kappa shape index (κ1) is 48.0. The number of unbranched alkanes of at least 4 members (excludes halogenated alkanes) is 3. The topological polar surface area (TPSA) is 287 Å². The normalized spacial score (nSPS) is 14.9. The Morgan fingerprint density at radius 2 is 0.902 bits per heavy atom. The standard InChI is InChI=1S/C34H67N9O7S/c1-21(2)20-27(43-31(46)25(15-19-51-5)41-33(48)28(38)22(3)4)32(47)40-23(12-6-9-16-35)29(44)39-24(13-7-10-17-36)30(45)42-26(34(49)50)14-8-11-18-37/h21-28H,6-20,35-38H2,1-5H3,(H,39,44)(H,40,47)(H,41,48)(H,42,45)(H,43,46)(H,49,50). The van der Waals surface area contributed by atoms with E-state index in [1.165, 1.54) is 11.8 Å². The number of nitrogens with two attached hydrogens (primary N) is 4. The number of rotatable bonds is 29. The van der Waals surface area contributed by atoms with Crippen molar-refractivity contribution in [2.75, 3.05) is 31.6 Å². The Balaban J connectivity index is 6.16. The minimum atomic E-state index is -1.20. The lowest BCUT2D eigenvalue weighted by Gasteiger charge is -2.28. The van der Waals surface area contributed by atoms with E-state index < -0.39 is 71.8 Å². The molecular formula is C34H67N9O7S. The number of hydrogen-bond donors (Lipinski definition) is 10. The lowest BCUT2D eigenvalue weighted by atomic mass is 10.0. The highest BCUT2D eigenvalue weighted by Gasteiger charge is 2.33. The highest BCUT2D eigenvalue weighted by molar-refractivity contribution is 7.98. The molecule has 0 aromatic carbocycles. The van der Waals surface area contributed by atoms with E-state index in [0.29, 0.717) is 70.3 Å². The van der Waals surface area contributed by atoms with Crippen LogP contribution < -0.4 is 49.5 Å². The van der Waals surface area contributed by atoms with E-state index in [4.69, 9.17) is 22.9 Å². The third kappa shape index (κ3) is 20.6. The van der Waals surface area contributed by atoms with Crippen LogP contribution in [0.4, 0.5) is 0 Å². The molecule has 0 rings (SSSR count). The first-order valence-electron chi connectivity index (χ1n) is 18.2. The van der Waals surface area contributed by atoms with Gasteiger partial charge in [-0.25, -0.2) is 4.79 Å². The summed E-state index contributed by atoms with van der Waals surface area (Å²) >= 11 is 1.50. The number of nitrogens with one attached hydrogen (secondary N) is 5. The second-order valence-corrected chi connectivity index (χ2v) is 14.7. The molecular weight excluding hydrogens is 678 g/mol. The van der Waals surface area contributed by atoms with Gasteiger partial charge in [0, 0.05) is 0 Å². The maximum Gasteiger partial charge on any atom is 0.326 e. The van der Waals surface area contributed by atoms with E-state index in [2.05, 4.69) is 26.6 Å². The smallest absolute Gasteiger partial charge is 0.326 e. The van der Waals surface area contributed by atoms with E-state index >= 15 is 0 Å². The number of carbonyl (C=O) groups is 6. The number of thioether (sulfide) groups is 1. The number of amides is 5. The molecule has 0 aliphatic heterocycles. The Kier molecular flexibility index (Phi) is 26.0. The monoisotopic (exact) mass is 745 g/mol. The second-order valence-electron chi connectivity index (χ2n) is 13.7. The molecule has 0 aromatic heterocycles. The van der Waals surface area contributed by atoms with Crippen molar-refractivity contribution in [1.82, 2.24) is 26.6 Å². The second kappa shape index (κ2) is 27.6. The molecule has 6 atom stereocenters. The molecule has 6 unspecified atom stereocenters. The van der Waals surface area contributed by atoms with Crippen molar-refractivity contribution in [2.45, 2.75) is 135 Å².